The van der Waals surface area contributed by atoms with E-state index in [0.717, 1.165) is 50.9 Å². The monoisotopic (exact) mass is 517 g/mol. The van der Waals surface area contributed by atoms with Crippen molar-refractivity contribution in [3.63, 3.8) is 0 Å². The zero-order valence-corrected chi connectivity index (χ0v) is 23.2. The van der Waals surface area contributed by atoms with Gasteiger partial charge in [-0.05, 0) is 89.3 Å². The molecule has 0 radical (unpaired) electrons. The number of hydrogen-bond acceptors (Lipinski definition) is 6. The van der Waals surface area contributed by atoms with Gasteiger partial charge in [0.25, 0.3) is 5.91 Å². The molecule has 2 aromatic heterocycles. The summed E-state index contributed by atoms with van der Waals surface area (Å²) in [6.07, 6.45) is 3.87. The predicted molar refractivity (Wildman–Crippen MR) is 150 cm³/mol. The van der Waals surface area contributed by atoms with Crippen LogP contribution in [0.2, 0.25) is 0 Å². The van der Waals surface area contributed by atoms with Crippen LogP contribution in [0.3, 0.4) is 0 Å². The van der Waals surface area contributed by atoms with Gasteiger partial charge in [0.15, 0.2) is 0 Å². The minimum atomic E-state index is -0.224. The fraction of sp³-hybridized carbons (Fsp3) is 0.345. The molecular weight excluding hydrogens is 482 g/mol. The van der Waals surface area contributed by atoms with Crippen LogP contribution in [0.1, 0.15) is 46.3 Å². The number of thiazole rings is 1. The fourth-order valence-corrected chi connectivity index (χ4v) is 4.74. The van der Waals surface area contributed by atoms with Gasteiger partial charge in [0, 0.05) is 47.1 Å². The van der Waals surface area contributed by atoms with Crippen molar-refractivity contribution in [2.45, 2.75) is 40.3 Å². The molecule has 0 unspecified atom stereocenters. The zero-order chi connectivity index (χ0) is 26.5. The average Bonchev–Trinajstić information content (AvgIpc) is 3.53. The van der Waals surface area contributed by atoms with Crippen molar-refractivity contribution < 1.29 is 9.53 Å². The van der Waals surface area contributed by atoms with Crippen molar-refractivity contribution in [1.82, 2.24) is 25.0 Å². The highest BCUT2D eigenvalue weighted by Crippen LogP contribution is 2.32. The second-order valence-electron chi connectivity index (χ2n) is 9.50. The summed E-state index contributed by atoms with van der Waals surface area (Å²) in [4.78, 5) is 21.1. The Balaban J connectivity index is 1.60. The number of nitrogens with zero attached hydrogens (tertiary/aromatic N) is 4. The van der Waals surface area contributed by atoms with Gasteiger partial charge in [0.2, 0.25) is 0 Å². The quantitative estimate of drug-likeness (QED) is 0.290. The van der Waals surface area contributed by atoms with Crippen LogP contribution in [-0.2, 0) is 6.54 Å². The molecule has 0 saturated heterocycles. The van der Waals surface area contributed by atoms with Crippen LogP contribution in [-0.4, -0.2) is 52.8 Å². The lowest BCUT2D eigenvalue weighted by Crippen LogP contribution is -2.27. The Morgan fingerprint density at radius 3 is 2.59 bits per heavy atom. The molecule has 4 rings (SSSR count). The summed E-state index contributed by atoms with van der Waals surface area (Å²) in [6.45, 7) is 10.2. The first-order valence-corrected chi connectivity index (χ1v) is 13.4. The fourth-order valence-electron chi connectivity index (χ4n) is 3.99. The first-order valence-electron chi connectivity index (χ1n) is 12.5. The van der Waals surface area contributed by atoms with Crippen molar-refractivity contribution in [2.75, 3.05) is 27.2 Å². The zero-order valence-electron chi connectivity index (χ0n) is 22.4. The van der Waals surface area contributed by atoms with Gasteiger partial charge in [0.1, 0.15) is 17.4 Å². The van der Waals surface area contributed by atoms with Crippen LogP contribution in [0.15, 0.2) is 54.9 Å². The Morgan fingerprint density at radius 2 is 1.92 bits per heavy atom. The Morgan fingerprint density at radius 1 is 1.14 bits per heavy atom. The van der Waals surface area contributed by atoms with E-state index in [0.29, 0.717) is 17.9 Å². The number of nitrogens with one attached hydrogen (secondary N) is 1. The maximum atomic E-state index is 13.3. The van der Waals surface area contributed by atoms with Gasteiger partial charge in [-0.25, -0.2) is 4.98 Å². The largest absolute Gasteiger partial charge is 0.492 e. The molecule has 8 heteroatoms. The molecule has 4 aromatic rings. The lowest BCUT2D eigenvalue weighted by Gasteiger charge is -2.18. The van der Waals surface area contributed by atoms with Gasteiger partial charge in [-0.15, -0.1) is 11.3 Å². The summed E-state index contributed by atoms with van der Waals surface area (Å²) >= 11 is 1.66. The summed E-state index contributed by atoms with van der Waals surface area (Å²) in [5.41, 5.74) is 5.43. The third-order valence-corrected chi connectivity index (χ3v) is 7.15. The van der Waals surface area contributed by atoms with E-state index in [1.165, 1.54) is 0 Å². The molecule has 1 amide bonds. The smallest absolute Gasteiger partial charge is 0.252 e. The van der Waals surface area contributed by atoms with E-state index >= 15 is 0 Å². The molecule has 0 aliphatic heterocycles. The molecule has 0 bridgehead atoms. The Hall–Kier alpha value is -3.49. The van der Waals surface area contributed by atoms with Crippen molar-refractivity contribution in [2.24, 2.45) is 0 Å². The summed E-state index contributed by atoms with van der Waals surface area (Å²) in [5.74, 6) is 0.565. The molecular formula is C29H35N5O2S. The van der Waals surface area contributed by atoms with E-state index in [1.807, 2.05) is 69.3 Å². The molecule has 0 spiro atoms. The molecule has 0 fully saturated rings. The van der Waals surface area contributed by atoms with Gasteiger partial charge < -0.3 is 15.0 Å². The molecule has 0 aliphatic carbocycles. The van der Waals surface area contributed by atoms with Gasteiger partial charge >= 0.3 is 0 Å². The first kappa shape index (κ1) is 26.6. The number of benzene rings is 2. The van der Waals surface area contributed by atoms with Gasteiger partial charge in [0.05, 0.1) is 11.7 Å². The average molecular weight is 518 g/mol. The molecule has 7 nitrogen and oxygen atoms in total. The maximum absolute atomic E-state index is 13.3. The van der Waals surface area contributed by atoms with Gasteiger partial charge in [-0.2, -0.15) is 5.10 Å². The molecule has 194 valence electrons. The Labute approximate surface area is 223 Å². The SMILES string of the molecule is CCn1ccc(-c2cc(-c3ncc(C)s3)cc([C@@H](C)NC(=O)c3cc(OCCN(C)C)ccc3C)c2)n1. The second-order valence-corrected chi connectivity index (χ2v) is 10.7. The van der Waals surface area contributed by atoms with Crippen molar-refractivity contribution in [3.05, 3.63) is 76.4 Å². The minimum absolute atomic E-state index is 0.129. The minimum Gasteiger partial charge on any atom is -0.492 e. The Kier molecular flexibility index (Phi) is 8.41. The first-order chi connectivity index (χ1) is 17.7. The summed E-state index contributed by atoms with van der Waals surface area (Å²) < 4.78 is 7.77. The lowest BCUT2D eigenvalue weighted by molar-refractivity contribution is 0.0938. The number of likely N-dealkylation sites (N-methyl/N-ethyl adjacent to an activating group) is 1. The highest BCUT2D eigenvalue weighted by Gasteiger charge is 2.18. The van der Waals surface area contributed by atoms with Crippen LogP contribution in [0, 0.1) is 13.8 Å². The standard InChI is InChI=1S/C29H35N5O2S/c1-7-34-11-10-27(32-34)23-14-22(15-24(16-23)29-30-18-20(3)37-29)21(4)31-28(35)26-17-25(9-8-19(26)2)36-13-12-33(5)6/h8-11,14-18,21H,7,12-13H2,1-6H3,(H,31,35)/t21-/m1/s1. The summed E-state index contributed by atoms with van der Waals surface area (Å²) in [7, 11) is 4.01. The molecule has 0 aliphatic rings. The number of carbonyl (C=O) groups excluding carboxylic acids is 1. The number of rotatable bonds is 10. The highest BCUT2D eigenvalue weighted by atomic mass is 32.1. The Bertz CT molecular complexity index is 1370. The number of aromatic nitrogens is 3. The summed E-state index contributed by atoms with van der Waals surface area (Å²) in [6, 6.07) is 13.8. The maximum Gasteiger partial charge on any atom is 0.252 e. The van der Waals surface area contributed by atoms with Crippen molar-refractivity contribution >= 4 is 17.2 Å². The molecule has 1 atom stereocenters. The van der Waals surface area contributed by atoms with Crippen LogP contribution < -0.4 is 10.1 Å². The van der Waals surface area contributed by atoms with Gasteiger partial charge in [-0.3, -0.25) is 9.48 Å². The molecule has 0 saturated carbocycles. The molecule has 2 aromatic carbocycles. The lowest BCUT2D eigenvalue weighted by atomic mass is 9.99. The van der Waals surface area contributed by atoms with E-state index in [-0.39, 0.29) is 11.9 Å². The number of aryl methyl sites for hydroxylation is 3. The molecule has 37 heavy (non-hydrogen) atoms. The second kappa shape index (κ2) is 11.7. The van der Waals surface area contributed by atoms with Crippen molar-refractivity contribution in [1.29, 1.82) is 0 Å². The summed E-state index contributed by atoms with van der Waals surface area (Å²) in [5, 5.41) is 8.84. The van der Waals surface area contributed by atoms with E-state index in [1.54, 1.807) is 11.3 Å². The van der Waals surface area contributed by atoms with Gasteiger partial charge in [-0.1, -0.05) is 6.07 Å². The number of carbonyl (C=O) groups is 1. The topological polar surface area (TPSA) is 72.3 Å². The van der Waals surface area contributed by atoms with Crippen LogP contribution in [0.5, 0.6) is 5.75 Å². The predicted octanol–water partition coefficient (Wildman–Crippen LogP) is 5.74. The van der Waals surface area contributed by atoms with Crippen LogP contribution in [0.4, 0.5) is 0 Å². The molecule has 2 heterocycles. The van der Waals surface area contributed by atoms with Crippen LogP contribution in [0.25, 0.3) is 21.8 Å². The number of amides is 1. The van der Waals surface area contributed by atoms with E-state index in [4.69, 9.17) is 9.84 Å². The van der Waals surface area contributed by atoms with E-state index in [9.17, 15) is 4.79 Å². The number of hydrogen-bond donors (Lipinski definition) is 1. The number of ether oxygens (including phenoxy) is 1. The van der Waals surface area contributed by atoms with E-state index in [2.05, 4.69) is 47.2 Å². The van der Waals surface area contributed by atoms with Crippen LogP contribution >= 0.6 is 11.3 Å². The normalized spacial score (nSPS) is 12.1. The highest BCUT2D eigenvalue weighted by molar-refractivity contribution is 7.14. The third-order valence-electron chi connectivity index (χ3n) is 6.19. The molecule has 1 N–H and O–H groups in total. The van der Waals surface area contributed by atoms with Crippen molar-refractivity contribution in [3.8, 4) is 27.6 Å². The van der Waals surface area contributed by atoms with E-state index < -0.39 is 0 Å². The third kappa shape index (κ3) is 6.64.